The van der Waals surface area contributed by atoms with Crippen LogP contribution in [0.25, 0.3) is 0 Å². The van der Waals surface area contributed by atoms with Crippen molar-refractivity contribution in [3.8, 4) is 0 Å². The molecular weight excluding hydrogens is 270 g/mol. The lowest BCUT2D eigenvalue weighted by atomic mass is 10.1. The zero-order chi connectivity index (χ0) is 15.2. The van der Waals surface area contributed by atoms with Crippen LogP contribution in [0, 0.1) is 11.8 Å². The van der Waals surface area contributed by atoms with Crippen LogP contribution >= 0.6 is 0 Å². The number of rotatable bonds is 6. The molecule has 0 aromatic rings. The predicted molar refractivity (Wildman–Crippen MR) is 80.0 cm³/mol. The van der Waals surface area contributed by atoms with Crippen molar-refractivity contribution in [2.45, 2.75) is 32.2 Å². The van der Waals surface area contributed by atoms with E-state index >= 15 is 0 Å². The molecule has 0 bridgehead atoms. The predicted octanol–water partition coefficient (Wildman–Crippen LogP) is 1.05. The smallest absolute Gasteiger partial charge is 0.315 e. The van der Waals surface area contributed by atoms with Crippen LogP contribution < -0.4 is 10.6 Å². The first-order chi connectivity index (χ1) is 10.0. The van der Waals surface area contributed by atoms with Crippen LogP contribution in [0.15, 0.2) is 12.2 Å². The van der Waals surface area contributed by atoms with Crippen molar-refractivity contribution in [2.24, 2.45) is 11.8 Å². The van der Waals surface area contributed by atoms with Crippen molar-refractivity contribution in [1.29, 1.82) is 0 Å². The molecule has 3 N–H and O–H groups in total. The number of hydrogen-bond donors (Lipinski definition) is 3. The van der Waals surface area contributed by atoms with Crippen LogP contribution in [0.2, 0.25) is 0 Å². The molecule has 0 spiro atoms. The van der Waals surface area contributed by atoms with E-state index in [0.29, 0.717) is 18.9 Å². The maximum Gasteiger partial charge on any atom is 0.315 e. The summed E-state index contributed by atoms with van der Waals surface area (Å²) in [4.78, 5) is 25.1. The summed E-state index contributed by atoms with van der Waals surface area (Å²) in [6.07, 6.45) is 6.39. The Hall–Kier alpha value is -1.56. The topological polar surface area (TPSA) is 81.7 Å². The zero-order valence-electron chi connectivity index (χ0n) is 12.5. The Morgan fingerprint density at radius 2 is 2.05 bits per heavy atom. The highest BCUT2D eigenvalue weighted by atomic mass is 16.4. The summed E-state index contributed by atoms with van der Waals surface area (Å²) < 4.78 is 0. The third kappa shape index (κ3) is 5.04. The minimum absolute atomic E-state index is 0.181. The number of urea groups is 1. The normalized spacial score (nSPS) is 26.7. The van der Waals surface area contributed by atoms with E-state index in [9.17, 15) is 9.59 Å². The Morgan fingerprint density at radius 3 is 2.67 bits per heavy atom. The van der Waals surface area contributed by atoms with E-state index in [1.165, 1.54) is 25.9 Å². The van der Waals surface area contributed by atoms with Crippen molar-refractivity contribution in [2.75, 3.05) is 26.2 Å². The molecule has 21 heavy (non-hydrogen) atoms. The van der Waals surface area contributed by atoms with Crippen LogP contribution in [0.4, 0.5) is 4.79 Å². The van der Waals surface area contributed by atoms with Gasteiger partial charge in [0.15, 0.2) is 0 Å². The van der Waals surface area contributed by atoms with Gasteiger partial charge in [-0.15, -0.1) is 0 Å². The van der Waals surface area contributed by atoms with Gasteiger partial charge in [0.25, 0.3) is 0 Å². The van der Waals surface area contributed by atoms with Crippen molar-refractivity contribution in [3.05, 3.63) is 12.2 Å². The number of hydrogen-bond acceptors (Lipinski definition) is 3. The largest absolute Gasteiger partial charge is 0.481 e. The fraction of sp³-hybridized carbons (Fsp3) is 0.733. The zero-order valence-corrected chi connectivity index (χ0v) is 12.5. The summed E-state index contributed by atoms with van der Waals surface area (Å²) in [5.74, 6) is -0.903. The molecule has 1 heterocycles. The minimum atomic E-state index is -0.838. The Balaban J connectivity index is 1.61. The molecule has 6 heteroatoms. The van der Waals surface area contributed by atoms with Gasteiger partial charge in [-0.3, -0.25) is 4.79 Å². The van der Waals surface area contributed by atoms with Crippen LogP contribution in [0.1, 0.15) is 26.2 Å². The Kier molecular flexibility index (Phi) is 5.61. The number of carboxylic acids is 1. The maximum atomic E-state index is 11.8. The maximum absolute atomic E-state index is 11.8. The van der Waals surface area contributed by atoms with Gasteiger partial charge in [-0.05, 0) is 38.3 Å². The lowest BCUT2D eigenvalue weighted by Crippen LogP contribution is -2.43. The van der Waals surface area contributed by atoms with Crippen LogP contribution in [-0.2, 0) is 4.79 Å². The summed E-state index contributed by atoms with van der Waals surface area (Å²) >= 11 is 0. The highest BCUT2D eigenvalue weighted by Crippen LogP contribution is 2.17. The SMILES string of the molecule is CC(CNC(=O)NC1C=CC(C(=O)O)C1)CN1CCCC1. The van der Waals surface area contributed by atoms with Gasteiger partial charge in [0.1, 0.15) is 0 Å². The van der Waals surface area contributed by atoms with Crippen molar-refractivity contribution in [1.82, 2.24) is 15.5 Å². The number of nitrogens with one attached hydrogen (secondary N) is 2. The molecule has 1 aliphatic carbocycles. The van der Waals surface area contributed by atoms with Crippen LogP contribution in [0.3, 0.4) is 0 Å². The second kappa shape index (κ2) is 7.45. The van der Waals surface area contributed by atoms with Crippen molar-refractivity contribution >= 4 is 12.0 Å². The lowest BCUT2D eigenvalue weighted by Gasteiger charge is -2.21. The van der Waals surface area contributed by atoms with E-state index in [-0.39, 0.29) is 12.1 Å². The number of carboxylic acid groups (broad SMARTS) is 1. The molecule has 2 rings (SSSR count). The van der Waals surface area contributed by atoms with Gasteiger partial charge < -0.3 is 20.6 Å². The average Bonchev–Trinajstić information content (AvgIpc) is 3.08. The summed E-state index contributed by atoms with van der Waals surface area (Å²) in [6.45, 7) is 6.13. The molecule has 0 radical (unpaired) electrons. The van der Waals surface area contributed by atoms with Crippen LogP contribution in [-0.4, -0.2) is 54.2 Å². The number of aliphatic carboxylic acids is 1. The first-order valence-electron chi connectivity index (χ1n) is 7.72. The lowest BCUT2D eigenvalue weighted by molar-refractivity contribution is -0.140. The molecule has 0 aromatic carbocycles. The van der Waals surface area contributed by atoms with E-state index in [4.69, 9.17) is 5.11 Å². The molecule has 118 valence electrons. The number of amides is 2. The van der Waals surface area contributed by atoms with E-state index in [0.717, 1.165) is 6.54 Å². The summed E-state index contributed by atoms with van der Waals surface area (Å²) in [5, 5.41) is 14.6. The second-order valence-electron chi connectivity index (χ2n) is 6.14. The van der Waals surface area contributed by atoms with E-state index in [1.807, 2.05) is 0 Å². The minimum Gasteiger partial charge on any atom is -0.481 e. The molecule has 2 amide bonds. The highest BCUT2D eigenvalue weighted by molar-refractivity contribution is 5.76. The molecule has 0 saturated carbocycles. The fourth-order valence-corrected chi connectivity index (χ4v) is 2.95. The number of carbonyl (C=O) groups is 2. The first-order valence-corrected chi connectivity index (χ1v) is 7.72. The van der Waals surface area contributed by atoms with Crippen LogP contribution in [0.5, 0.6) is 0 Å². The standard InChI is InChI=1S/C15H25N3O3/c1-11(10-18-6-2-3-7-18)9-16-15(21)17-13-5-4-12(8-13)14(19)20/h4-5,11-13H,2-3,6-10H2,1H3,(H,19,20)(H2,16,17,21). The van der Waals surface area contributed by atoms with Gasteiger partial charge in [-0.25, -0.2) is 4.79 Å². The fourth-order valence-electron chi connectivity index (χ4n) is 2.95. The number of nitrogens with zero attached hydrogens (tertiary/aromatic N) is 1. The molecule has 6 nitrogen and oxygen atoms in total. The molecule has 1 aliphatic heterocycles. The van der Waals surface area contributed by atoms with Crippen molar-refractivity contribution in [3.63, 3.8) is 0 Å². The third-order valence-electron chi connectivity index (χ3n) is 4.10. The molecule has 2 aliphatic rings. The third-order valence-corrected chi connectivity index (χ3v) is 4.10. The Morgan fingerprint density at radius 1 is 1.33 bits per heavy atom. The second-order valence-corrected chi connectivity index (χ2v) is 6.14. The molecule has 0 aromatic heterocycles. The summed E-state index contributed by atoms with van der Waals surface area (Å²) in [7, 11) is 0. The number of carbonyl (C=O) groups excluding carboxylic acids is 1. The van der Waals surface area contributed by atoms with E-state index in [1.54, 1.807) is 12.2 Å². The van der Waals surface area contributed by atoms with Gasteiger partial charge in [-0.2, -0.15) is 0 Å². The molecule has 3 unspecified atom stereocenters. The van der Waals surface area contributed by atoms with Gasteiger partial charge in [-0.1, -0.05) is 19.1 Å². The van der Waals surface area contributed by atoms with Gasteiger partial charge in [0.2, 0.25) is 0 Å². The summed E-state index contributed by atoms with van der Waals surface area (Å²) in [5.41, 5.74) is 0. The van der Waals surface area contributed by atoms with Gasteiger partial charge in [0, 0.05) is 13.1 Å². The molecule has 1 saturated heterocycles. The number of likely N-dealkylation sites (tertiary alicyclic amines) is 1. The highest BCUT2D eigenvalue weighted by Gasteiger charge is 2.25. The average molecular weight is 295 g/mol. The quantitative estimate of drug-likeness (QED) is 0.640. The molecule has 1 fully saturated rings. The van der Waals surface area contributed by atoms with Gasteiger partial charge >= 0.3 is 12.0 Å². The molecule has 3 atom stereocenters. The molecular formula is C15H25N3O3. The first kappa shape index (κ1) is 15.8. The Bertz CT molecular complexity index is 405. The Labute approximate surface area is 125 Å². The van der Waals surface area contributed by atoms with Gasteiger partial charge in [0.05, 0.1) is 12.0 Å². The summed E-state index contributed by atoms with van der Waals surface area (Å²) in [6, 6.07) is -0.399. The monoisotopic (exact) mass is 295 g/mol. The van der Waals surface area contributed by atoms with E-state index < -0.39 is 11.9 Å². The van der Waals surface area contributed by atoms with Crippen molar-refractivity contribution < 1.29 is 14.7 Å². The van der Waals surface area contributed by atoms with E-state index in [2.05, 4.69) is 22.5 Å².